The summed E-state index contributed by atoms with van der Waals surface area (Å²) >= 11 is 1.69. The van der Waals surface area contributed by atoms with E-state index in [0.29, 0.717) is 12.4 Å². The molecule has 3 heterocycles. The quantitative estimate of drug-likeness (QED) is 0.226. The number of ether oxygens (including phenoxy) is 2. The average Bonchev–Trinajstić information content (AvgIpc) is 3.39. The van der Waals surface area contributed by atoms with E-state index >= 15 is 0 Å². The van der Waals surface area contributed by atoms with E-state index in [9.17, 15) is 4.79 Å². The van der Waals surface area contributed by atoms with Crippen molar-refractivity contribution in [2.45, 2.75) is 33.2 Å². The molecule has 1 aliphatic rings. The van der Waals surface area contributed by atoms with Gasteiger partial charge >= 0.3 is 5.97 Å². The molecule has 0 radical (unpaired) electrons. The van der Waals surface area contributed by atoms with Gasteiger partial charge in [-0.3, -0.25) is 14.4 Å². The SMILES string of the molecule is C=CCOc1cccc(-c2ccc(C3=N[C@@H](CC(=O)OC)c4nnc(C)n4-c4sc(C)c(C)c43)cc2)c1. The number of hydrogen-bond acceptors (Lipinski definition) is 7. The summed E-state index contributed by atoms with van der Waals surface area (Å²) in [6.07, 6.45) is 1.81. The van der Waals surface area contributed by atoms with Crippen molar-refractivity contribution >= 4 is 23.0 Å². The molecule has 2 aromatic carbocycles. The second-order valence-corrected chi connectivity index (χ2v) is 10.1. The summed E-state index contributed by atoms with van der Waals surface area (Å²) in [7, 11) is 1.39. The van der Waals surface area contributed by atoms with Gasteiger partial charge in [0.1, 0.15) is 29.2 Å². The molecule has 0 saturated heterocycles. The minimum Gasteiger partial charge on any atom is -0.490 e. The molecule has 0 saturated carbocycles. The Morgan fingerprint density at radius 1 is 1.08 bits per heavy atom. The maximum absolute atomic E-state index is 12.3. The van der Waals surface area contributed by atoms with E-state index in [4.69, 9.17) is 14.5 Å². The van der Waals surface area contributed by atoms with Crippen LogP contribution in [-0.2, 0) is 9.53 Å². The summed E-state index contributed by atoms with van der Waals surface area (Å²) < 4.78 is 12.7. The Morgan fingerprint density at radius 3 is 2.57 bits per heavy atom. The smallest absolute Gasteiger partial charge is 0.308 e. The zero-order valence-electron chi connectivity index (χ0n) is 21.3. The summed E-state index contributed by atoms with van der Waals surface area (Å²) in [6.45, 7) is 10.3. The molecule has 0 aliphatic carbocycles. The molecule has 8 heteroatoms. The molecule has 7 nitrogen and oxygen atoms in total. The Kier molecular flexibility index (Phi) is 6.76. The second-order valence-electron chi connectivity index (χ2n) is 8.88. The molecule has 0 bridgehead atoms. The molecule has 188 valence electrons. The predicted octanol–water partition coefficient (Wildman–Crippen LogP) is 5.94. The topological polar surface area (TPSA) is 78.6 Å². The van der Waals surface area contributed by atoms with Crippen LogP contribution in [0.4, 0.5) is 0 Å². The lowest BCUT2D eigenvalue weighted by Gasteiger charge is -2.12. The first kappa shape index (κ1) is 24.6. The Morgan fingerprint density at radius 2 is 1.84 bits per heavy atom. The van der Waals surface area contributed by atoms with Crippen molar-refractivity contribution in [1.29, 1.82) is 0 Å². The third-order valence-corrected chi connectivity index (χ3v) is 7.71. The lowest BCUT2D eigenvalue weighted by atomic mass is 9.97. The Balaban J connectivity index is 1.61. The second kappa shape index (κ2) is 10.1. The number of thiophene rings is 1. The van der Waals surface area contributed by atoms with Gasteiger partial charge in [0.2, 0.25) is 0 Å². The first-order valence-corrected chi connectivity index (χ1v) is 12.8. The van der Waals surface area contributed by atoms with Gasteiger partial charge in [-0.25, -0.2) is 0 Å². The lowest BCUT2D eigenvalue weighted by Crippen LogP contribution is -2.12. The number of aryl methyl sites for hydroxylation is 2. The van der Waals surface area contributed by atoms with Crippen molar-refractivity contribution in [1.82, 2.24) is 14.8 Å². The zero-order chi connectivity index (χ0) is 26.1. The van der Waals surface area contributed by atoms with Crippen molar-refractivity contribution < 1.29 is 14.3 Å². The van der Waals surface area contributed by atoms with E-state index in [2.05, 4.69) is 61.0 Å². The first-order chi connectivity index (χ1) is 17.9. The fraction of sp³-hybridized carbons (Fsp3) is 0.241. The predicted molar refractivity (Wildman–Crippen MR) is 146 cm³/mol. The summed E-state index contributed by atoms with van der Waals surface area (Å²) in [6, 6.07) is 15.8. The van der Waals surface area contributed by atoms with E-state index < -0.39 is 6.04 Å². The van der Waals surface area contributed by atoms with Gasteiger partial charge in [-0.15, -0.1) is 21.5 Å². The van der Waals surface area contributed by atoms with Gasteiger partial charge in [-0.05, 0) is 49.6 Å². The minimum atomic E-state index is -0.513. The number of esters is 1. The number of rotatable bonds is 7. The zero-order valence-corrected chi connectivity index (χ0v) is 22.1. The number of nitrogens with zero attached hydrogens (tertiary/aromatic N) is 4. The van der Waals surface area contributed by atoms with Gasteiger partial charge in [0, 0.05) is 16.0 Å². The van der Waals surface area contributed by atoms with Crippen LogP contribution in [0.3, 0.4) is 0 Å². The molecule has 0 N–H and O–H groups in total. The Bertz CT molecular complexity index is 1510. The van der Waals surface area contributed by atoms with Crippen LogP contribution < -0.4 is 4.74 Å². The lowest BCUT2D eigenvalue weighted by molar-refractivity contribution is -0.141. The molecule has 0 spiro atoms. The molecule has 37 heavy (non-hydrogen) atoms. The fourth-order valence-corrected chi connectivity index (χ4v) is 5.72. The standard InChI is InChI=1S/C29H28N4O3S/c1-6-14-36-23-9-7-8-22(15-23)20-10-12-21(13-11-20)27-26-17(2)18(3)37-29(26)33-19(4)31-32-28(33)24(30-27)16-25(34)35-5/h6-13,15,24H,1,14,16H2,2-5H3/t24-/m0/s1. The van der Waals surface area contributed by atoms with Crippen molar-refractivity contribution in [3.63, 3.8) is 0 Å². The van der Waals surface area contributed by atoms with Gasteiger partial charge in [0.05, 0.1) is 19.2 Å². The molecular weight excluding hydrogens is 484 g/mol. The Labute approximate surface area is 220 Å². The number of methoxy groups -OCH3 is 1. The van der Waals surface area contributed by atoms with Crippen LogP contribution >= 0.6 is 11.3 Å². The fourth-order valence-electron chi connectivity index (χ4n) is 4.51. The van der Waals surface area contributed by atoms with Crippen LogP contribution in [0.25, 0.3) is 16.1 Å². The van der Waals surface area contributed by atoms with Crippen molar-refractivity contribution in [3.05, 3.63) is 94.4 Å². The number of aliphatic imine (C=N–C) groups is 1. The first-order valence-electron chi connectivity index (χ1n) is 12.0. The molecule has 2 aromatic heterocycles. The van der Waals surface area contributed by atoms with Crippen molar-refractivity contribution in [2.75, 3.05) is 13.7 Å². The number of carbonyl (C=O) groups excluding carboxylic acids is 1. The minimum absolute atomic E-state index is 0.0840. The van der Waals surface area contributed by atoms with E-state index in [1.165, 1.54) is 12.0 Å². The molecule has 4 aromatic rings. The maximum Gasteiger partial charge on any atom is 0.308 e. The van der Waals surface area contributed by atoms with Gasteiger partial charge in [0.25, 0.3) is 0 Å². The molecule has 0 amide bonds. The number of benzene rings is 2. The van der Waals surface area contributed by atoms with Gasteiger partial charge in [-0.1, -0.05) is 49.1 Å². The number of hydrogen-bond donors (Lipinski definition) is 0. The number of carbonyl (C=O) groups is 1. The van der Waals surface area contributed by atoms with Crippen molar-refractivity contribution in [2.24, 2.45) is 4.99 Å². The highest BCUT2D eigenvalue weighted by Gasteiger charge is 2.32. The van der Waals surface area contributed by atoms with Crippen LogP contribution in [0.15, 0.2) is 66.2 Å². The van der Waals surface area contributed by atoms with Crippen LogP contribution in [0.1, 0.15) is 45.7 Å². The van der Waals surface area contributed by atoms with Gasteiger partial charge < -0.3 is 9.47 Å². The summed E-state index contributed by atoms with van der Waals surface area (Å²) in [4.78, 5) is 18.6. The van der Waals surface area contributed by atoms with Crippen molar-refractivity contribution in [3.8, 4) is 21.9 Å². The molecule has 0 fully saturated rings. The molecular formula is C29H28N4O3S. The third kappa shape index (κ3) is 4.60. The third-order valence-electron chi connectivity index (χ3n) is 6.52. The van der Waals surface area contributed by atoms with E-state index in [1.54, 1.807) is 17.4 Å². The monoisotopic (exact) mass is 512 g/mol. The average molecular weight is 513 g/mol. The van der Waals surface area contributed by atoms with Gasteiger partial charge in [0.15, 0.2) is 5.82 Å². The summed E-state index contributed by atoms with van der Waals surface area (Å²) in [5.41, 5.74) is 6.14. The summed E-state index contributed by atoms with van der Waals surface area (Å²) in [5, 5.41) is 9.76. The Hall–Kier alpha value is -4.04. The normalized spacial score (nSPS) is 14.3. The highest BCUT2D eigenvalue weighted by Crippen LogP contribution is 2.39. The van der Waals surface area contributed by atoms with Crippen LogP contribution in [0.2, 0.25) is 0 Å². The molecule has 0 unspecified atom stereocenters. The highest BCUT2D eigenvalue weighted by atomic mass is 32.1. The highest BCUT2D eigenvalue weighted by molar-refractivity contribution is 7.15. The molecule has 5 rings (SSSR count). The number of aromatic nitrogens is 3. The van der Waals surface area contributed by atoms with Crippen LogP contribution in [0, 0.1) is 20.8 Å². The maximum atomic E-state index is 12.3. The van der Waals surface area contributed by atoms with E-state index in [1.807, 2.05) is 29.7 Å². The summed E-state index contributed by atoms with van der Waals surface area (Å²) in [5.74, 6) is 1.87. The largest absolute Gasteiger partial charge is 0.490 e. The molecule has 1 aliphatic heterocycles. The van der Waals surface area contributed by atoms with Crippen LogP contribution in [0.5, 0.6) is 5.75 Å². The van der Waals surface area contributed by atoms with Crippen LogP contribution in [-0.4, -0.2) is 40.2 Å². The van der Waals surface area contributed by atoms with E-state index in [0.717, 1.165) is 50.1 Å². The van der Waals surface area contributed by atoms with Gasteiger partial charge in [-0.2, -0.15) is 0 Å². The number of fused-ring (bicyclic) bond motifs is 3. The van der Waals surface area contributed by atoms with E-state index in [-0.39, 0.29) is 12.4 Å². The molecule has 1 atom stereocenters.